The maximum Gasteiger partial charge on any atom is 0.238 e. The summed E-state index contributed by atoms with van der Waals surface area (Å²) in [6.45, 7) is 7.27. The minimum atomic E-state index is 0.163. The number of morpholine rings is 1. The molecule has 10 heteroatoms. The number of aryl methyl sites for hydroxylation is 1. The lowest BCUT2D eigenvalue weighted by molar-refractivity contribution is 0.122. The number of hydrogen-bond acceptors (Lipinski definition) is 8. The van der Waals surface area contributed by atoms with Gasteiger partial charge >= 0.3 is 0 Å². The van der Waals surface area contributed by atoms with Crippen LogP contribution in [0, 0.1) is 6.92 Å². The van der Waals surface area contributed by atoms with Crippen molar-refractivity contribution in [2.45, 2.75) is 58.0 Å². The second-order valence-electron chi connectivity index (χ2n) is 8.79. The molecule has 1 saturated heterocycles. The third kappa shape index (κ3) is 3.00. The molecule has 0 aromatic carbocycles. The minimum absolute atomic E-state index is 0.163. The molecule has 32 heavy (non-hydrogen) atoms. The van der Waals surface area contributed by atoms with Gasteiger partial charge < -0.3 is 14.5 Å². The summed E-state index contributed by atoms with van der Waals surface area (Å²) in [5.41, 5.74) is 0.968. The number of ether oxygens (including phenoxy) is 1. The van der Waals surface area contributed by atoms with Crippen molar-refractivity contribution in [3.05, 3.63) is 30.2 Å². The van der Waals surface area contributed by atoms with Crippen molar-refractivity contribution in [3.8, 4) is 11.6 Å². The Labute approximate surface area is 187 Å². The SMILES string of the molecule is CCC1c2nnc(C)n2-c2cnc(-n3ccnc3N3CCOCC3)nc2N1C1CCCC1. The molecule has 10 nitrogen and oxygen atoms in total. The molecule has 0 bridgehead atoms. The highest BCUT2D eigenvalue weighted by molar-refractivity contribution is 5.63. The Morgan fingerprint density at radius 3 is 2.69 bits per heavy atom. The number of rotatable bonds is 4. The van der Waals surface area contributed by atoms with E-state index in [2.05, 4.69) is 36.5 Å². The van der Waals surface area contributed by atoms with E-state index >= 15 is 0 Å². The fourth-order valence-corrected chi connectivity index (χ4v) is 5.42. The van der Waals surface area contributed by atoms with Crippen LogP contribution in [0.25, 0.3) is 11.6 Å². The van der Waals surface area contributed by atoms with Gasteiger partial charge in [0, 0.05) is 31.5 Å². The van der Waals surface area contributed by atoms with Crippen LogP contribution in [0.2, 0.25) is 0 Å². The molecule has 0 N–H and O–H groups in total. The second-order valence-corrected chi connectivity index (χ2v) is 8.79. The zero-order valence-electron chi connectivity index (χ0n) is 18.7. The zero-order valence-corrected chi connectivity index (χ0v) is 18.7. The molecule has 2 fully saturated rings. The lowest BCUT2D eigenvalue weighted by Gasteiger charge is -2.41. The highest BCUT2D eigenvalue weighted by Crippen LogP contribution is 2.43. The van der Waals surface area contributed by atoms with E-state index in [1.54, 1.807) is 0 Å². The summed E-state index contributed by atoms with van der Waals surface area (Å²) in [5, 5.41) is 8.96. The van der Waals surface area contributed by atoms with Crippen molar-refractivity contribution in [2.24, 2.45) is 0 Å². The first-order valence-electron chi connectivity index (χ1n) is 11.7. The predicted octanol–water partition coefficient (Wildman–Crippen LogP) is 2.60. The monoisotopic (exact) mass is 435 g/mol. The summed E-state index contributed by atoms with van der Waals surface area (Å²) in [5.74, 6) is 4.36. The third-order valence-electron chi connectivity index (χ3n) is 6.94. The number of imidazole rings is 1. The Kier molecular flexibility index (Phi) is 4.82. The molecular formula is C22H29N9O. The van der Waals surface area contributed by atoms with Gasteiger partial charge in [0.05, 0.1) is 25.5 Å². The average Bonchev–Trinajstić information content (AvgIpc) is 3.60. The van der Waals surface area contributed by atoms with Gasteiger partial charge in [0.15, 0.2) is 11.6 Å². The molecule has 1 atom stereocenters. The van der Waals surface area contributed by atoms with Crippen LogP contribution in [0.4, 0.5) is 11.8 Å². The third-order valence-corrected chi connectivity index (χ3v) is 6.94. The van der Waals surface area contributed by atoms with Crippen molar-refractivity contribution >= 4 is 11.8 Å². The molecule has 1 unspecified atom stereocenters. The number of nitrogens with zero attached hydrogens (tertiary/aromatic N) is 9. The molecular weight excluding hydrogens is 406 g/mol. The van der Waals surface area contributed by atoms with Crippen LogP contribution in [0.3, 0.4) is 0 Å². The van der Waals surface area contributed by atoms with Gasteiger partial charge in [0.1, 0.15) is 11.5 Å². The van der Waals surface area contributed by atoms with E-state index in [-0.39, 0.29) is 6.04 Å². The van der Waals surface area contributed by atoms with Gasteiger partial charge in [-0.05, 0) is 26.2 Å². The molecule has 0 radical (unpaired) electrons. The van der Waals surface area contributed by atoms with Crippen molar-refractivity contribution in [1.82, 2.24) is 34.3 Å². The predicted molar refractivity (Wildman–Crippen MR) is 120 cm³/mol. The molecule has 1 aliphatic carbocycles. The van der Waals surface area contributed by atoms with Gasteiger partial charge in [0.2, 0.25) is 11.9 Å². The Balaban J connectivity index is 1.48. The summed E-state index contributed by atoms with van der Waals surface area (Å²) >= 11 is 0. The van der Waals surface area contributed by atoms with Gasteiger partial charge in [-0.15, -0.1) is 10.2 Å². The number of hydrogen-bond donors (Lipinski definition) is 0. The Morgan fingerprint density at radius 2 is 1.91 bits per heavy atom. The molecule has 0 spiro atoms. The van der Waals surface area contributed by atoms with Crippen LogP contribution in [-0.4, -0.2) is 66.6 Å². The second kappa shape index (κ2) is 7.84. The molecule has 3 aromatic heterocycles. The van der Waals surface area contributed by atoms with E-state index < -0.39 is 0 Å². The standard InChI is InChI=1S/C22H29N9O/c1-3-17-20-27-26-15(2)30(20)18-14-24-21(25-19(18)31(17)16-6-4-5-7-16)29-9-8-23-22(29)28-10-12-32-13-11-28/h8-9,14,16-17H,3-7,10-13H2,1-2H3. The Bertz CT molecular complexity index is 1110. The van der Waals surface area contributed by atoms with Crippen molar-refractivity contribution < 1.29 is 4.74 Å². The number of fused-ring (bicyclic) bond motifs is 3. The molecule has 1 saturated carbocycles. The average molecular weight is 436 g/mol. The quantitative estimate of drug-likeness (QED) is 0.618. The number of aromatic nitrogens is 7. The fraction of sp³-hybridized carbons (Fsp3) is 0.591. The van der Waals surface area contributed by atoms with E-state index in [1.165, 1.54) is 25.7 Å². The van der Waals surface area contributed by atoms with E-state index in [4.69, 9.17) is 14.7 Å². The van der Waals surface area contributed by atoms with Crippen LogP contribution in [0.5, 0.6) is 0 Å². The van der Waals surface area contributed by atoms with Crippen LogP contribution in [0.15, 0.2) is 18.6 Å². The van der Waals surface area contributed by atoms with E-state index in [0.29, 0.717) is 25.2 Å². The van der Waals surface area contributed by atoms with Gasteiger partial charge in [-0.25, -0.2) is 9.97 Å². The fourth-order valence-electron chi connectivity index (χ4n) is 5.42. The topological polar surface area (TPSA) is 90.0 Å². The first-order valence-corrected chi connectivity index (χ1v) is 11.7. The Hall–Kier alpha value is -3.01. The van der Waals surface area contributed by atoms with Crippen molar-refractivity contribution in [1.29, 1.82) is 0 Å². The van der Waals surface area contributed by atoms with Crippen LogP contribution in [0.1, 0.15) is 56.7 Å². The largest absolute Gasteiger partial charge is 0.378 e. The van der Waals surface area contributed by atoms with Gasteiger partial charge in [-0.3, -0.25) is 9.13 Å². The van der Waals surface area contributed by atoms with Gasteiger partial charge in [-0.2, -0.15) is 4.98 Å². The lowest BCUT2D eigenvalue weighted by atomic mass is 10.0. The first kappa shape index (κ1) is 19.7. The van der Waals surface area contributed by atoms with Crippen molar-refractivity contribution in [2.75, 3.05) is 36.1 Å². The molecule has 0 amide bonds. The molecule has 2 aliphatic heterocycles. The Morgan fingerprint density at radius 1 is 1.09 bits per heavy atom. The summed E-state index contributed by atoms with van der Waals surface area (Å²) in [6.07, 6.45) is 11.5. The molecule has 3 aliphatic rings. The summed E-state index contributed by atoms with van der Waals surface area (Å²) in [4.78, 5) is 19.3. The van der Waals surface area contributed by atoms with Crippen molar-refractivity contribution in [3.63, 3.8) is 0 Å². The highest BCUT2D eigenvalue weighted by Gasteiger charge is 2.39. The molecule has 168 valence electrons. The molecule has 6 rings (SSSR count). The molecule has 5 heterocycles. The highest BCUT2D eigenvalue weighted by atomic mass is 16.5. The first-order chi connectivity index (χ1) is 15.8. The smallest absolute Gasteiger partial charge is 0.238 e. The normalized spacial score (nSPS) is 21.1. The maximum atomic E-state index is 5.52. The summed E-state index contributed by atoms with van der Waals surface area (Å²) in [7, 11) is 0. The van der Waals surface area contributed by atoms with E-state index in [0.717, 1.165) is 48.6 Å². The summed E-state index contributed by atoms with van der Waals surface area (Å²) < 4.78 is 9.65. The molecule has 3 aromatic rings. The van der Waals surface area contributed by atoms with Gasteiger partial charge in [0.25, 0.3) is 0 Å². The maximum absolute atomic E-state index is 5.52. The van der Waals surface area contributed by atoms with Gasteiger partial charge in [-0.1, -0.05) is 19.8 Å². The van der Waals surface area contributed by atoms with E-state index in [1.807, 2.05) is 30.1 Å². The zero-order chi connectivity index (χ0) is 21.7. The minimum Gasteiger partial charge on any atom is -0.378 e. The summed E-state index contributed by atoms with van der Waals surface area (Å²) in [6, 6.07) is 0.629. The van der Waals surface area contributed by atoms with Crippen LogP contribution >= 0.6 is 0 Å². The van der Waals surface area contributed by atoms with Crippen LogP contribution in [-0.2, 0) is 4.74 Å². The van der Waals surface area contributed by atoms with E-state index in [9.17, 15) is 0 Å². The lowest BCUT2D eigenvalue weighted by Crippen LogP contribution is -2.42. The number of anilines is 2. The van der Waals surface area contributed by atoms with Crippen LogP contribution < -0.4 is 9.80 Å².